The zero-order valence-corrected chi connectivity index (χ0v) is 6.94. The van der Waals surface area contributed by atoms with E-state index < -0.39 is 18.9 Å². The molecule has 0 saturated heterocycles. The van der Waals surface area contributed by atoms with Gasteiger partial charge in [-0.25, -0.2) is 23.5 Å². The van der Waals surface area contributed by atoms with Gasteiger partial charge in [0.1, 0.15) is 0 Å². The highest BCUT2D eigenvalue weighted by molar-refractivity contribution is 5.86. The van der Waals surface area contributed by atoms with Crippen LogP contribution in [0.15, 0.2) is 12.4 Å². The van der Waals surface area contributed by atoms with E-state index >= 15 is 0 Å². The molecule has 1 heterocycles. The molecule has 0 radical (unpaired) electrons. The van der Waals surface area contributed by atoms with Crippen molar-refractivity contribution in [3.05, 3.63) is 18.0 Å². The maximum atomic E-state index is 11.7. The van der Waals surface area contributed by atoms with Crippen LogP contribution in [0.4, 0.5) is 14.7 Å². The lowest BCUT2D eigenvalue weighted by Gasteiger charge is -2.02. The van der Waals surface area contributed by atoms with Crippen molar-refractivity contribution in [1.82, 2.24) is 9.97 Å². The van der Waals surface area contributed by atoms with Crippen LogP contribution in [0.25, 0.3) is 0 Å². The molecule has 0 spiro atoms. The molecule has 0 aromatic carbocycles. The number of hydrogen-bond acceptors (Lipinski definition) is 4. The predicted molar refractivity (Wildman–Crippen MR) is 43.5 cm³/mol. The van der Waals surface area contributed by atoms with Crippen molar-refractivity contribution in [2.45, 2.75) is 6.43 Å². The van der Waals surface area contributed by atoms with Gasteiger partial charge in [-0.3, -0.25) is 0 Å². The van der Waals surface area contributed by atoms with E-state index in [-0.39, 0.29) is 11.5 Å². The summed E-state index contributed by atoms with van der Waals surface area (Å²) in [7, 11) is 0. The fourth-order valence-electron chi connectivity index (χ4n) is 0.698. The maximum Gasteiger partial charge on any atom is 0.338 e. The monoisotopic (exact) mass is 203 g/mol. The minimum Gasteiger partial charge on any atom is -0.478 e. The summed E-state index contributed by atoms with van der Waals surface area (Å²) in [6, 6.07) is 0. The van der Waals surface area contributed by atoms with Crippen LogP contribution in [0.1, 0.15) is 10.4 Å². The van der Waals surface area contributed by atoms with E-state index in [4.69, 9.17) is 5.11 Å². The minimum absolute atomic E-state index is 0.0182. The van der Waals surface area contributed by atoms with Crippen molar-refractivity contribution in [2.75, 3.05) is 11.9 Å². The van der Waals surface area contributed by atoms with Gasteiger partial charge in [0.25, 0.3) is 6.43 Å². The molecule has 0 atom stereocenters. The summed E-state index contributed by atoms with van der Waals surface area (Å²) in [5.74, 6) is -1.18. The fourth-order valence-corrected chi connectivity index (χ4v) is 0.698. The molecular weight excluding hydrogens is 196 g/mol. The number of alkyl halides is 2. The summed E-state index contributed by atoms with van der Waals surface area (Å²) < 4.78 is 23.4. The molecule has 0 unspecified atom stereocenters. The molecule has 1 rings (SSSR count). The van der Waals surface area contributed by atoms with E-state index in [1.165, 1.54) is 0 Å². The first kappa shape index (κ1) is 10.3. The number of carboxylic acids is 1. The third kappa shape index (κ3) is 2.92. The maximum absolute atomic E-state index is 11.7. The van der Waals surface area contributed by atoms with Crippen LogP contribution in [0.3, 0.4) is 0 Å². The quantitative estimate of drug-likeness (QED) is 0.758. The Morgan fingerprint density at radius 1 is 1.50 bits per heavy atom. The molecule has 2 N–H and O–H groups in total. The number of aromatic carboxylic acids is 1. The van der Waals surface area contributed by atoms with Gasteiger partial charge < -0.3 is 10.4 Å². The normalized spacial score (nSPS) is 10.2. The second kappa shape index (κ2) is 4.45. The Kier molecular flexibility index (Phi) is 3.27. The van der Waals surface area contributed by atoms with E-state index in [1.807, 2.05) is 0 Å². The topological polar surface area (TPSA) is 75.1 Å². The number of carboxylic acid groups (broad SMARTS) is 1. The summed E-state index contributed by atoms with van der Waals surface area (Å²) in [6.07, 6.45) is -0.413. The van der Waals surface area contributed by atoms with Gasteiger partial charge in [0, 0.05) is 12.4 Å². The van der Waals surface area contributed by atoms with Gasteiger partial charge >= 0.3 is 5.97 Å². The van der Waals surface area contributed by atoms with E-state index in [9.17, 15) is 13.6 Å². The lowest BCUT2D eigenvalue weighted by atomic mass is 10.3. The Labute approximate surface area is 77.8 Å². The van der Waals surface area contributed by atoms with Crippen LogP contribution in [0.5, 0.6) is 0 Å². The van der Waals surface area contributed by atoms with Gasteiger partial charge in [-0.05, 0) is 0 Å². The largest absolute Gasteiger partial charge is 0.478 e. The molecule has 1 aromatic heterocycles. The SMILES string of the molecule is O=C(O)c1cnc(NCC(F)F)nc1. The second-order valence-corrected chi connectivity index (χ2v) is 2.37. The average molecular weight is 203 g/mol. The third-order valence-corrected chi connectivity index (χ3v) is 1.31. The van der Waals surface area contributed by atoms with Crippen LogP contribution < -0.4 is 5.32 Å². The van der Waals surface area contributed by atoms with Crippen LogP contribution in [-0.4, -0.2) is 34.0 Å². The van der Waals surface area contributed by atoms with Crippen molar-refractivity contribution < 1.29 is 18.7 Å². The first-order chi connectivity index (χ1) is 6.59. The molecule has 0 bridgehead atoms. The number of halogens is 2. The second-order valence-electron chi connectivity index (χ2n) is 2.37. The van der Waals surface area contributed by atoms with Crippen molar-refractivity contribution in [3.63, 3.8) is 0 Å². The molecule has 0 amide bonds. The number of carbonyl (C=O) groups is 1. The molecule has 0 aliphatic carbocycles. The predicted octanol–water partition coefficient (Wildman–Crippen LogP) is 0.852. The Hall–Kier alpha value is -1.79. The van der Waals surface area contributed by atoms with E-state index in [0.717, 1.165) is 12.4 Å². The van der Waals surface area contributed by atoms with Gasteiger partial charge in [0.15, 0.2) is 0 Å². The summed E-state index contributed by atoms with van der Waals surface area (Å²) in [4.78, 5) is 17.4. The Balaban J connectivity index is 2.60. The zero-order valence-electron chi connectivity index (χ0n) is 6.94. The minimum atomic E-state index is -2.50. The molecule has 14 heavy (non-hydrogen) atoms. The third-order valence-electron chi connectivity index (χ3n) is 1.31. The number of nitrogens with one attached hydrogen (secondary N) is 1. The van der Waals surface area contributed by atoms with Crippen LogP contribution >= 0.6 is 0 Å². The van der Waals surface area contributed by atoms with Gasteiger partial charge in [-0.2, -0.15) is 0 Å². The van der Waals surface area contributed by atoms with Crippen molar-refractivity contribution >= 4 is 11.9 Å². The number of rotatable bonds is 4. The van der Waals surface area contributed by atoms with Gasteiger partial charge in [-0.1, -0.05) is 0 Å². The van der Waals surface area contributed by atoms with Crippen LogP contribution in [0, 0.1) is 0 Å². The van der Waals surface area contributed by atoms with E-state index in [1.54, 1.807) is 0 Å². The van der Waals surface area contributed by atoms with Crippen molar-refractivity contribution in [2.24, 2.45) is 0 Å². The van der Waals surface area contributed by atoms with Gasteiger partial charge in [0.05, 0.1) is 12.1 Å². The number of aromatic nitrogens is 2. The number of hydrogen-bond donors (Lipinski definition) is 2. The van der Waals surface area contributed by atoms with E-state index in [2.05, 4.69) is 15.3 Å². The Bertz CT molecular complexity index is 315. The highest BCUT2D eigenvalue weighted by Gasteiger charge is 2.05. The number of anilines is 1. The fraction of sp³-hybridized carbons (Fsp3) is 0.286. The van der Waals surface area contributed by atoms with Gasteiger partial charge in [0.2, 0.25) is 5.95 Å². The summed E-state index contributed by atoms with van der Waals surface area (Å²) in [6.45, 7) is -0.563. The molecule has 0 aliphatic heterocycles. The smallest absolute Gasteiger partial charge is 0.338 e. The lowest BCUT2D eigenvalue weighted by Crippen LogP contribution is -2.12. The standard InChI is InChI=1S/C7H7F2N3O2/c8-5(9)3-12-7-10-1-4(2-11-7)6(13)14/h1-2,5H,3H2,(H,13,14)(H,10,11,12). The van der Waals surface area contributed by atoms with E-state index in [0.29, 0.717) is 0 Å². The van der Waals surface area contributed by atoms with Gasteiger partial charge in [-0.15, -0.1) is 0 Å². The summed E-state index contributed by atoms with van der Waals surface area (Å²) in [5, 5.41) is 10.7. The molecule has 5 nitrogen and oxygen atoms in total. The molecular formula is C7H7F2N3O2. The first-order valence-corrected chi connectivity index (χ1v) is 3.67. The average Bonchev–Trinajstić information content (AvgIpc) is 2.15. The van der Waals surface area contributed by atoms with Crippen molar-refractivity contribution in [1.29, 1.82) is 0 Å². The molecule has 0 fully saturated rings. The molecule has 1 aromatic rings. The molecule has 0 aliphatic rings. The summed E-state index contributed by atoms with van der Waals surface area (Å²) in [5.41, 5.74) is -0.0902. The Morgan fingerprint density at radius 2 is 2.07 bits per heavy atom. The lowest BCUT2D eigenvalue weighted by molar-refractivity contribution is 0.0696. The molecule has 0 saturated carbocycles. The number of nitrogens with zero attached hydrogens (tertiary/aromatic N) is 2. The summed E-state index contributed by atoms with van der Waals surface area (Å²) >= 11 is 0. The first-order valence-electron chi connectivity index (χ1n) is 3.67. The van der Waals surface area contributed by atoms with Crippen molar-refractivity contribution in [3.8, 4) is 0 Å². The highest BCUT2D eigenvalue weighted by atomic mass is 19.3. The molecule has 7 heteroatoms. The molecule has 76 valence electrons. The zero-order chi connectivity index (χ0) is 10.6. The highest BCUT2D eigenvalue weighted by Crippen LogP contribution is 2.01. The van der Waals surface area contributed by atoms with Crippen LogP contribution in [-0.2, 0) is 0 Å². The van der Waals surface area contributed by atoms with Crippen LogP contribution in [0.2, 0.25) is 0 Å². The Morgan fingerprint density at radius 3 is 2.50 bits per heavy atom.